The van der Waals surface area contributed by atoms with Crippen LogP contribution in [-0.4, -0.2) is 54.2 Å². The van der Waals surface area contributed by atoms with Gasteiger partial charge >= 0.3 is 18.0 Å². The zero-order chi connectivity index (χ0) is 14.4. The Morgan fingerprint density at radius 3 is 2.37 bits per heavy atom. The van der Waals surface area contributed by atoms with Crippen LogP contribution in [0.5, 0.6) is 0 Å². The molecule has 2 amide bonds. The molecular weight excluding hydrogens is 252 g/mol. The van der Waals surface area contributed by atoms with E-state index >= 15 is 0 Å². The molecular formula is C12H20N2O5. The predicted molar refractivity (Wildman–Crippen MR) is 66.6 cm³/mol. The van der Waals surface area contributed by atoms with Crippen LogP contribution in [0.3, 0.4) is 0 Å². The number of urea groups is 1. The van der Waals surface area contributed by atoms with E-state index in [0.29, 0.717) is 32.4 Å². The summed E-state index contributed by atoms with van der Waals surface area (Å²) in [4.78, 5) is 35.6. The second kappa shape index (κ2) is 6.96. The summed E-state index contributed by atoms with van der Waals surface area (Å²) in [6.07, 6.45) is 1.42. The molecule has 1 fully saturated rings. The fourth-order valence-electron chi connectivity index (χ4n) is 2.06. The third-order valence-electron chi connectivity index (χ3n) is 3.32. The van der Waals surface area contributed by atoms with Crippen molar-refractivity contribution in [1.82, 2.24) is 10.2 Å². The summed E-state index contributed by atoms with van der Waals surface area (Å²) in [5, 5.41) is 11.3. The summed E-state index contributed by atoms with van der Waals surface area (Å²) in [6.45, 7) is 2.56. The zero-order valence-corrected chi connectivity index (χ0v) is 11.2. The Labute approximate surface area is 111 Å². The molecule has 0 radical (unpaired) electrons. The van der Waals surface area contributed by atoms with Crippen LogP contribution >= 0.6 is 0 Å². The van der Waals surface area contributed by atoms with Crippen LogP contribution < -0.4 is 5.32 Å². The number of nitrogens with one attached hydrogen (secondary N) is 1. The van der Waals surface area contributed by atoms with Crippen LogP contribution in [0.25, 0.3) is 0 Å². The summed E-state index contributed by atoms with van der Waals surface area (Å²) in [6, 6.07) is -1.26. The van der Waals surface area contributed by atoms with Gasteiger partial charge in [-0.1, -0.05) is 6.92 Å². The first-order valence-corrected chi connectivity index (χ1v) is 6.35. The zero-order valence-electron chi connectivity index (χ0n) is 11.2. The van der Waals surface area contributed by atoms with Crippen molar-refractivity contribution in [2.45, 2.75) is 32.2 Å². The van der Waals surface area contributed by atoms with E-state index in [1.54, 1.807) is 6.92 Å². The Morgan fingerprint density at radius 2 is 1.95 bits per heavy atom. The molecule has 2 N–H and O–H groups in total. The Kier molecular flexibility index (Phi) is 5.59. The first kappa shape index (κ1) is 15.3. The molecule has 0 aromatic rings. The van der Waals surface area contributed by atoms with Gasteiger partial charge in [-0.3, -0.25) is 4.79 Å². The monoisotopic (exact) mass is 272 g/mol. The Morgan fingerprint density at radius 1 is 1.37 bits per heavy atom. The van der Waals surface area contributed by atoms with Crippen molar-refractivity contribution in [2.75, 3.05) is 20.2 Å². The normalized spacial score (nSPS) is 17.7. The van der Waals surface area contributed by atoms with Gasteiger partial charge in [-0.15, -0.1) is 0 Å². The molecule has 0 bridgehead atoms. The van der Waals surface area contributed by atoms with Gasteiger partial charge in [0.05, 0.1) is 13.0 Å². The molecule has 108 valence electrons. The van der Waals surface area contributed by atoms with Gasteiger partial charge in [0.1, 0.15) is 6.04 Å². The highest BCUT2D eigenvalue weighted by atomic mass is 16.5. The van der Waals surface area contributed by atoms with Crippen LogP contribution in [0.2, 0.25) is 0 Å². The van der Waals surface area contributed by atoms with E-state index in [1.165, 1.54) is 12.0 Å². The van der Waals surface area contributed by atoms with Crippen molar-refractivity contribution in [2.24, 2.45) is 5.92 Å². The largest absolute Gasteiger partial charge is 0.480 e. The maximum Gasteiger partial charge on any atom is 0.326 e. The van der Waals surface area contributed by atoms with Crippen LogP contribution in [0, 0.1) is 5.92 Å². The molecule has 1 rings (SSSR count). The standard InChI is InChI=1S/C12H20N2O5/c1-3-9(10(15)16)13-12(18)14-6-4-8(5-7-14)11(17)19-2/h8-9H,3-7H2,1-2H3,(H,13,18)(H,15,16)/t9-/m0/s1. The van der Waals surface area contributed by atoms with Crippen LogP contribution in [0.1, 0.15) is 26.2 Å². The van der Waals surface area contributed by atoms with Gasteiger partial charge in [0, 0.05) is 13.1 Å². The van der Waals surface area contributed by atoms with Gasteiger partial charge in [0.15, 0.2) is 0 Å². The third-order valence-corrected chi connectivity index (χ3v) is 3.32. The van der Waals surface area contributed by atoms with Gasteiger partial charge in [-0.2, -0.15) is 0 Å². The molecule has 1 atom stereocenters. The number of amides is 2. The lowest BCUT2D eigenvalue weighted by Gasteiger charge is -2.31. The van der Waals surface area contributed by atoms with Crippen molar-refractivity contribution in [3.63, 3.8) is 0 Å². The average molecular weight is 272 g/mol. The minimum Gasteiger partial charge on any atom is -0.480 e. The molecule has 0 saturated carbocycles. The first-order chi connectivity index (χ1) is 8.99. The number of likely N-dealkylation sites (tertiary alicyclic amines) is 1. The van der Waals surface area contributed by atoms with E-state index in [2.05, 4.69) is 10.1 Å². The Bertz CT molecular complexity index is 350. The highest BCUT2D eigenvalue weighted by Gasteiger charge is 2.29. The number of hydrogen-bond acceptors (Lipinski definition) is 4. The molecule has 7 nitrogen and oxygen atoms in total. The van der Waals surface area contributed by atoms with Crippen molar-refractivity contribution in [3.8, 4) is 0 Å². The molecule has 0 aromatic heterocycles. The lowest BCUT2D eigenvalue weighted by molar-refractivity contribution is -0.146. The number of carboxylic acids is 1. The number of hydrogen-bond donors (Lipinski definition) is 2. The number of aliphatic carboxylic acids is 1. The quantitative estimate of drug-likeness (QED) is 0.724. The number of piperidine rings is 1. The minimum atomic E-state index is -1.04. The van der Waals surface area contributed by atoms with E-state index < -0.39 is 18.0 Å². The molecule has 0 spiro atoms. The van der Waals surface area contributed by atoms with Crippen molar-refractivity contribution >= 4 is 18.0 Å². The minimum absolute atomic E-state index is 0.171. The summed E-state index contributed by atoms with van der Waals surface area (Å²) < 4.78 is 4.66. The molecule has 0 aliphatic carbocycles. The fraction of sp³-hybridized carbons (Fsp3) is 0.750. The van der Waals surface area contributed by atoms with Gasteiger partial charge in [0.25, 0.3) is 0 Å². The van der Waals surface area contributed by atoms with Gasteiger partial charge in [-0.05, 0) is 19.3 Å². The number of methoxy groups -OCH3 is 1. The number of nitrogens with zero attached hydrogens (tertiary/aromatic N) is 1. The van der Waals surface area contributed by atoms with E-state index in [9.17, 15) is 14.4 Å². The Hall–Kier alpha value is -1.79. The number of esters is 1. The van der Waals surface area contributed by atoms with Gasteiger partial charge in [0.2, 0.25) is 0 Å². The highest BCUT2D eigenvalue weighted by Crippen LogP contribution is 2.18. The van der Waals surface area contributed by atoms with E-state index in [4.69, 9.17) is 5.11 Å². The summed E-state index contributed by atoms with van der Waals surface area (Å²) >= 11 is 0. The lowest BCUT2D eigenvalue weighted by Crippen LogP contribution is -2.50. The lowest BCUT2D eigenvalue weighted by atomic mass is 9.97. The molecule has 0 aromatic carbocycles. The van der Waals surface area contributed by atoms with E-state index in [0.717, 1.165) is 0 Å². The molecule has 1 heterocycles. The predicted octanol–water partition coefficient (Wildman–Crippen LogP) is 0.444. The summed E-state index contributed by atoms with van der Waals surface area (Å²) in [7, 11) is 1.35. The molecule has 1 aliphatic rings. The van der Waals surface area contributed by atoms with E-state index in [-0.39, 0.29) is 11.9 Å². The second-order valence-electron chi connectivity index (χ2n) is 4.53. The van der Waals surface area contributed by atoms with Crippen molar-refractivity contribution < 1.29 is 24.2 Å². The summed E-state index contributed by atoms with van der Waals surface area (Å²) in [5.41, 5.74) is 0. The summed E-state index contributed by atoms with van der Waals surface area (Å²) in [5.74, 6) is -1.46. The number of carbonyl (C=O) groups excluding carboxylic acids is 2. The van der Waals surface area contributed by atoms with Crippen LogP contribution in [0.4, 0.5) is 4.79 Å². The smallest absolute Gasteiger partial charge is 0.326 e. The molecule has 0 unspecified atom stereocenters. The Balaban J connectivity index is 2.44. The maximum atomic E-state index is 11.9. The second-order valence-corrected chi connectivity index (χ2v) is 4.53. The van der Waals surface area contributed by atoms with Gasteiger partial charge < -0.3 is 20.1 Å². The van der Waals surface area contributed by atoms with Gasteiger partial charge in [-0.25, -0.2) is 9.59 Å². The number of rotatable bonds is 4. The molecule has 19 heavy (non-hydrogen) atoms. The highest BCUT2D eigenvalue weighted by molar-refractivity contribution is 5.82. The number of carboxylic acid groups (broad SMARTS) is 1. The SMILES string of the molecule is CC[C@H](NC(=O)N1CCC(C(=O)OC)CC1)C(=O)O. The molecule has 1 saturated heterocycles. The molecule has 1 aliphatic heterocycles. The van der Waals surface area contributed by atoms with E-state index in [1.807, 2.05) is 0 Å². The topological polar surface area (TPSA) is 95.9 Å². The maximum absolute atomic E-state index is 11.9. The fourth-order valence-corrected chi connectivity index (χ4v) is 2.06. The number of carbonyl (C=O) groups is 3. The first-order valence-electron chi connectivity index (χ1n) is 6.35. The van der Waals surface area contributed by atoms with Crippen LogP contribution in [-0.2, 0) is 14.3 Å². The number of ether oxygens (including phenoxy) is 1. The van der Waals surface area contributed by atoms with Crippen molar-refractivity contribution in [3.05, 3.63) is 0 Å². The third kappa shape index (κ3) is 4.11. The molecule has 7 heteroatoms. The van der Waals surface area contributed by atoms with Crippen molar-refractivity contribution in [1.29, 1.82) is 0 Å². The average Bonchev–Trinajstić information content (AvgIpc) is 2.43. The van der Waals surface area contributed by atoms with Crippen LogP contribution in [0.15, 0.2) is 0 Å².